The summed E-state index contributed by atoms with van der Waals surface area (Å²) >= 11 is 0. The molecule has 3 aromatic heterocycles. The minimum absolute atomic E-state index is 0.104. The Labute approximate surface area is 217 Å². The van der Waals surface area contributed by atoms with Gasteiger partial charge < -0.3 is 5.32 Å². The second-order valence-electron chi connectivity index (χ2n) is 10.4. The molecule has 3 heterocycles. The number of pyridine rings is 1. The summed E-state index contributed by atoms with van der Waals surface area (Å²) in [5, 5.41) is 19.5. The van der Waals surface area contributed by atoms with Crippen LogP contribution in [0.3, 0.4) is 0 Å². The van der Waals surface area contributed by atoms with Crippen LogP contribution in [0.25, 0.3) is 5.57 Å². The van der Waals surface area contributed by atoms with Gasteiger partial charge in [0, 0.05) is 18.5 Å². The van der Waals surface area contributed by atoms with Crippen LogP contribution in [0.4, 0.5) is 13.2 Å². The topological polar surface area (TPSA) is 98.5 Å². The number of aromatic nitrogens is 6. The molecule has 0 saturated heterocycles. The number of aryl methyl sites for hydroxylation is 2. The van der Waals surface area contributed by atoms with Crippen molar-refractivity contribution >= 4 is 11.5 Å². The molecule has 0 unspecified atom stereocenters. The van der Waals surface area contributed by atoms with Crippen molar-refractivity contribution < 1.29 is 18.0 Å². The highest BCUT2D eigenvalue weighted by Gasteiger charge is 2.40. The zero-order valence-electron chi connectivity index (χ0n) is 20.8. The number of amides is 1. The number of halogens is 3. The molecule has 3 aliphatic carbocycles. The van der Waals surface area contributed by atoms with Crippen LogP contribution >= 0.6 is 0 Å². The van der Waals surface area contributed by atoms with Crippen molar-refractivity contribution in [1.82, 2.24) is 35.5 Å². The fraction of sp³-hybridized carbons (Fsp3) is 0.481. The van der Waals surface area contributed by atoms with E-state index in [0.717, 1.165) is 55.0 Å². The number of allylic oxidation sites excluding steroid dienone is 2. The molecular formula is C27H28F3N7O. The van der Waals surface area contributed by atoms with E-state index in [0.29, 0.717) is 6.54 Å². The third kappa shape index (κ3) is 5.46. The van der Waals surface area contributed by atoms with Gasteiger partial charge in [-0.25, -0.2) is 4.98 Å². The maximum Gasteiger partial charge on any atom is 0.433 e. The lowest BCUT2D eigenvalue weighted by Crippen LogP contribution is -2.24. The van der Waals surface area contributed by atoms with Gasteiger partial charge in [-0.15, -0.1) is 5.10 Å². The summed E-state index contributed by atoms with van der Waals surface area (Å²) in [6.07, 6.45) is 5.76. The predicted molar refractivity (Wildman–Crippen MR) is 131 cm³/mol. The number of unbranched alkanes of at least 4 members (excludes halogenated alkanes) is 1. The van der Waals surface area contributed by atoms with E-state index in [2.05, 4.69) is 36.9 Å². The average Bonchev–Trinajstić information content (AvgIpc) is 3.84. The van der Waals surface area contributed by atoms with Crippen LogP contribution in [0, 0.1) is 11.8 Å². The second-order valence-corrected chi connectivity index (χ2v) is 10.4. The zero-order valence-corrected chi connectivity index (χ0v) is 20.8. The van der Waals surface area contributed by atoms with Crippen molar-refractivity contribution in [2.45, 2.75) is 70.6 Å². The molecule has 0 aromatic carbocycles. The molecule has 2 saturated carbocycles. The summed E-state index contributed by atoms with van der Waals surface area (Å²) in [6.45, 7) is 0.449. The van der Waals surface area contributed by atoms with E-state index in [1.165, 1.54) is 49.6 Å². The highest BCUT2D eigenvalue weighted by atomic mass is 19.4. The summed E-state index contributed by atoms with van der Waals surface area (Å²) in [5.74, 6) is 0.980. The van der Waals surface area contributed by atoms with Crippen LogP contribution in [0.1, 0.15) is 77.4 Å². The number of carbonyl (C=O) groups is 1. The van der Waals surface area contributed by atoms with E-state index in [1.54, 1.807) is 15.8 Å². The lowest BCUT2D eigenvalue weighted by atomic mass is 9.99. The van der Waals surface area contributed by atoms with Crippen LogP contribution < -0.4 is 5.32 Å². The van der Waals surface area contributed by atoms with Crippen LogP contribution in [-0.2, 0) is 32.1 Å². The first-order valence-corrected chi connectivity index (χ1v) is 13.2. The largest absolute Gasteiger partial charge is 0.433 e. The highest BCUT2D eigenvalue weighted by molar-refractivity contribution is 5.91. The maximum absolute atomic E-state index is 12.8. The van der Waals surface area contributed by atoms with E-state index in [-0.39, 0.29) is 17.9 Å². The van der Waals surface area contributed by atoms with Gasteiger partial charge in [-0.05, 0) is 80.6 Å². The monoisotopic (exact) mass is 523 g/mol. The van der Waals surface area contributed by atoms with Crippen LogP contribution in [0.15, 0.2) is 36.0 Å². The smallest absolute Gasteiger partial charge is 0.345 e. The molecule has 6 rings (SSSR count). The van der Waals surface area contributed by atoms with Crippen molar-refractivity contribution in [3.05, 3.63) is 70.1 Å². The molecule has 2 fully saturated rings. The summed E-state index contributed by atoms with van der Waals surface area (Å²) in [4.78, 5) is 15.9. The fourth-order valence-corrected chi connectivity index (χ4v) is 5.13. The summed E-state index contributed by atoms with van der Waals surface area (Å²) in [6, 6.07) is 5.83. The number of hydrogen-bond donors (Lipinski definition) is 1. The molecule has 0 radical (unpaired) electrons. The molecule has 8 nitrogen and oxygen atoms in total. The van der Waals surface area contributed by atoms with Gasteiger partial charge in [0.15, 0.2) is 5.69 Å². The molecule has 3 aromatic rings. The third-order valence-electron chi connectivity index (χ3n) is 7.34. The van der Waals surface area contributed by atoms with Crippen molar-refractivity contribution in [1.29, 1.82) is 0 Å². The van der Waals surface area contributed by atoms with Gasteiger partial charge in [0.1, 0.15) is 5.69 Å². The number of carbonyl (C=O) groups excluding carboxylic acids is 1. The molecule has 0 atom stereocenters. The highest BCUT2D eigenvalue weighted by Crippen LogP contribution is 2.53. The quantitative estimate of drug-likeness (QED) is 0.391. The third-order valence-corrected chi connectivity index (χ3v) is 7.34. The molecule has 0 spiro atoms. The molecule has 38 heavy (non-hydrogen) atoms. The lowest BCUT2D eigenvalue weighted by molar-refractivity contribution is -0.141. The Bertz CT molecular complexity index is 1390. The van der Waals surface area contributed by atoms with E-state index in [9.17, 15) is 18.0 Å². The van der Waals surface area contributed by atoms with Crippen LogP contribution in [0.5, 0.6) is 0 Å². The molecule has 198 valence electrons. The van der Waals surface area contributed by atoms with Gasteiger partial charge in [-0.3, -0.25) is 9.48 Å². The average molecular weight is 524 g/mol. The Balaban J connectivity index is 0.984. The fourth-order valence-electron chi connectivity index (χ4n) is 5.13. The number of alkyl halides is 3. The standard InChI is InChI=1S/C27H28F3N7O/c28-27(29,30)24-6-3-5-19(32-24)14-31-26(38)23-15-37(36-35-23)11-2-1-4-18-12-21-22(34-33-18)13-20(16-7-8-16)25(21)17-9-10-17/h3,5-6,12,15-17H,1-2,4,7-11,13-14H2,(H,31,38). The van der Waals surface area contributed by atoms with Crippen molar-refractivity contribution in [3.63, 3.8) is 0 Å². The Morgan fingerprint density at radius 2 is 1.84 bits per heavy atom. The first-order chi connectivity index (χ1) is 18.3. The maximum atomic E-state index is 12.8. The SMILES string of the molecule is O=C(NCc1cccc(C(F)(F)F)n1)c1cn(CCCCc2cc3c(nn2)CC(C2CC2)=C3C2CC2)nn1. The van der Waals surface area contributed by atoms with E-state index >= 15 is 0 Å². The molecule has 3 aliphatic rings. The van der Waals surface area contributed by atoms with Crippen LogP contribution in [-0.4, -0.2) is 36.1 Å². The Hall–Kier alpha value is -3.63. The van der Waals surface area contributed by atoms with E-state index in [4.69, 9.17) is 0 Å². The van der Waals surface area contributed by atoms with E-state index in [1.807, 2.05) is 0 Å². The molecule has 1 amide bonds. The molecule has 11 heteroatoms. The molecule has 0 aliphatic heterocycles. The van der Waals surface area contributed by atoms with Gasteiger partial charge in [0.2, 0.25) is 0 Å². The minimum atomic E-state index is -4.54. The van der Waals surface area contributed by atoms with Gasteiger partial charge in [-0.2, -0.15) is 23.4 Å². The first-order valence-electron chi connectivity index (χ1n) is 13.2. The number of rotatable bonds is 10. The van der Waals surface area contributed by atoms with Gasteiger partial charge in [0.25, 0.3) is 5.91 Å². The second kappa shape index (κ2) is 9.92. The summed E-state index contributed by atoms with van der Waals surface area (Å²) in [5.41, 5.74) is 5.93. The van der Waals surface area contributed by atoms with Gasteiger partial charge >= 0.3 is 6.18 Å². The Morgan fingerprint density at radius 1 is 1.03 bits per heavy atom. The van der Waals surface area contributed by atoms with Crippen molar-refractivity contribution in [3.8, 4) is 0 Å². The number of hydrogen-bond acceptors (Lipinski definition) is 6. The Morgan fingerprint density at radius 3 is 2.61 bits per heavy atom. The summed E-state index contributed by atoms with van der Waals surface area (Å²) < 4.78 is 40.1. The first kappa shape index (κ1) is 24.7. The predicted octanol–water partition coefficient (Wildman–Crippen LogP) is 4.56. The summed E-state index contributed by atoms with van der Waals surface area (Å²) in [7, 11) is 0. The molecular weight excluding hydrogens is 495 g/mol. The van der Waals surface area contributed by atoms with Crippen LogP contribution in [0.2, 0.25) is 0 Å². The molecule has 0 bridgehead atoms. The molecule has 1 N–H and O–H groups in total. The van der Waals surface area contributed by atoms with Crippen molar-refractivity contribution in [2.24, 2.45) is 11.8 Å². The Kier molecular flexibility index (Phi) is 6.45. The van der Waals surface area contributed by atoms with Crippen molar-refractivity contribution in [2.75, 3.05) is 0 Å². The zero-order chi connectivity index (χ0) is 26.3. The minimum Gasteiger partial charge on any atom is -0.345 e. The number of nitrogens with one attached hydrogen (secondary N) is 1. The normalized spacial score (nSPS) is 17.1. The number of fused-ring (bicyclic) bond motifs is 1. The van der Waals surface area contributed by atoms with E-state index < -0.39 is 17.8 Å². The van der Waals surface area contributed by atoms with Gasteiger partial charge in [-0.1, -0.05) is 16.9 Å². The lowest BCUT2D eigenvalue weighted by Gasteiger charge is -2.08. The van der Waals surface area contributed by atoms with Gasteiger partial charge in [0.05, 0.1) is 29.8 Å². The number of nitrogens with zero attached hydrogens (tertiary/aromatic N) is 6.